The van der Waals surface area contributed by atoms with Gasteiger partial charge in [-0.2, -0.15) is 17.9 Å². The quantitative estimate of drug-likeness (QED) is 0.734. The van der Waals surface area contributed by atoms with Crippen molar-refractivity contribution in [2.75, 3.05) is 5.73 Å². The van der Waals surface area contributed by atoms with Gasteiger partial charge in [-0.3, -0.25) is 0 Å². The van der Waals surface area contributed by atoms with E-state index in [1.54, 1.807) is 24.3 Å². The molecule has 3 aromatic rings. The topological polar surface area (TPSA) is 82.5 Å². The monoisotopic (exact) mass is 320 g/mol. The van der Waals surface area contributed by atoms with Crippen LogP contribution in [-0.2, 0) is 6.18 Å². The molecule has 3 rings (SSSR count). The molecular formula is C14H11F3N6. The molecule has 9 heteroatoms. The van der Waals surface area contributed by atoms with Crippen molar-refractivity contribution in [3.63, 3.8) is 0 Å². The van der Waals surface area contributed by atoms with Gasteiger partial charge < -0.3 is 5.73 Å². The van der Waals surface area contributed by atoms with E-state index >= 15 is 0 Å². The van der Waals surface area contributed by atoms with Crippen LogP contribution in [0.2, 0.25) is 0 Å². The van der Waals surface area contributed by atoms with Gasteiger partial charge in [0.05, 0.1) is 6.20 Å². The van der Waals surface area contributed by atoms with Crippen molar-refractivity contribution in [3.05, 3.63) is 47.9 Å². The molecule has 118 valence electrons. The van der Waals surface area contributed by atoms with Gasteiger partial charge in [0, 0.05) is 16.9 Å². The summed E-state index contributed by atoms with van der Waals surface area (Å²) in [7, 11) is 0. The number of nitrogens with two attached hydrogens (primary N) is 1. The second kappa shape index (κ2) is 5.34. The maximum absolute atomic E-state index is 12.8. The number of halogens is 3. The molecule has 2 aromatic heterocycles. The third kappa shape index (κ3) is 3.12. The second-order valence-corrected chi connectivity index (χ2v) is 4.87. The Hall–Kier alpha value is -2.97. The average molecular weight is 320 g/mol. The highest BCUT2D eigenvalue weighted by Gasteiger charge is 2.33. The molecule has 23 heavy (non-hydrogen) atoms. The van der Waals surface area contributed by atoms with Crippen LogP contribution in [0.15, 0.2) is 36.5 Å². The molecular weight excluding hydrogens is 309 g/mol. The predicted octanol–water partition coefficient (Wildman–Crippen LogP) is 2.63. The molecule has 2 heterocycles. The standard InChI is InChI=1S/C14H11F3N6/c1-8-5-12(14(15,16)17)20-13(19-8)23-7-11(21-22-23)9-3-2-4-10(18)6-9/h2-7H,18H2,1H3. The highest BCUT2D eigenvalue weighted by atomic mass is 19.4. The molecule has 0 aliphatic heterocycles. The molecule has 0 radical (unpaired) electrons. The summed E-state index contributed by atoms with van der Waals surface area (Å²) in [6.07, 6.45) is -3.11. The zero-order chi connectivity index (χ0) is 16.6. The number of rotatable bonds is 2. The maximum atomic E-state index is 12.8. The molecule has 0 fully saturated rings. The maximum Gasteiger partial charge on any atom is 0.433 e. The Balaban J connectivity index is 2.02. The number of aryl methyl sites for hydroxylation is 1. The first-order chi connectivity index (χ1) is 10.8. The Morgan fingerprint density at radius 1 is 1.13 bits per heavy atom. The van der Waals surface area contributed by atoms with Gasteiger partial charge in [0.2, 0.25) is 0 Å². The normalized spacial score (nSPS) is 11.7. The van der Waals surface area contributed by atoms with Gasteiger partial charge in [0.25, 0.3) is 5.95 Å². The van der Waals surface area contributed by atoms with E-state index in [1.807, 2.05) is 0 Å². The number of anilines is 1. The fraction of sp³-hybridized carbons (Fsp3) is 0.143. The molecule has 0 amide bonds. The van der Waals surface area contributed by atoms with Gasteiger partial charge >= 0.3 is 6.18 Å². The molecule has 0 bridgehead atoms. The minimum absolute atomic E-state index is 0.184. The number of benzene rings is 1. The van der Waals surface area contributed by atoms with E-state index < -0.39 is 11.9 Å². The smallest absolute Gasteiger partial charge is 0.399 e. The highest BCUT2D eigenvalue weighted by Crippen LogP contribution is 2.28. The molecule has 0 saturated carbocycles. The number of hydrogen-bond donors (Lipinski definition) is 1. The Labute approximate surface area is 128 Å². The van der Waals surface area contributed by atoms with Crippen molar-refractivity contribution >= 4 is 5.69 Å². The third-order valence-corrected chi connectivity index (χ3v) is 3.01. The molecule has 0 unspecified atom stereocenters. The lowest BCUT2D eigenvalue weighted by molar-refractivity contribution is -0.141. The van der Waals surface area contributed by atoms with E-state index in [-0.39, 0.29) is 11.6 Å². The zero-order valence-electron chi connectivity index (χ0n) is 11.9. The summed E-state index contributed by atoms with van der Waals surface area (Å²) in [6.45, 7) is 1.45. The minimum Gasteiger partial charge on any atom is -0.399 e. The number of aromatic nitrogens is 5. The van der Waals surface area contributed by atoms with Crippen molar-refractivity contribution in [3.8, 4) is 17.2 Å². The lowest BCUT2D eigenvalue weighted by atomic mass is 10.1. The van der Waals surface area contributed by atoms with Crippen LogP contribution in [0.5, 0.6) is 0 Å². The SMILES string of the molecule is Cc1cc(C(F)(F)F)nc(-n2cc(-c3cccc(N)c3)nn2)n1. The summed E-state index contributed by atoms with van der Waals surface area (Å²) in [6, 6.07) is 7.79. The van der Waals surface area contributed by atoms with Crippen LogP contribution in [0, 0.1) is 6.92 Å². The summed E-state index contributed by atoms with van der Waals surface area (Å²) in [4.78, 5) is 7.47. The molecule has 2 N–H and O–H groups in total. The van der Waals surface area contributed by atoms with Crippen LogP contribution < -0.4 is 5.73 Å². The van der Waals surface area contributed by atoms with E-state index in [4.69, 9.17) is 5.73 Å². The molecule has 0 aliphatic rings. The van der Waals surface area contributed by atoms with Crippen molar-refractivity contribution in [2.45, 2.75) is 13.1 Å². The summed E-state index contributed by atoms with van der Waals surface area (Å²) in [5.74, 6) is -0.194. The third-order valence-electron chi connectivity index (χ3n) is 3.01. The Morgan fingerprint density at radius 3 is 2.61 bits per heavy atom. The van der Waals surface area contributed by atoms with Gasteiger partial charge in [-0.05, 0) is 25.1 Å². The number of nitrogens with zero attached hydrogens (tertiary/aromatic N) is 5. The first kappa shape index (κ1) is 14.9. The molecule has 0 spiro atoms. The first-order valence-corrected chi connectivity index (χ1v) is 6.54. The molecule has 0 aliphatic carbocycles. The molecule has 6 nitrogen and oxygen atoms in total. The summed E-state index contributed by atoms with van der Waals surface area (Å²) >= 11 is 0. The van der Waals surface area contributed by atoms with Gasteiger partial charge in [0.1, 0.15) is 11.4 Å². The summed E-state index contributed by atoms with van der Waals surface area (Å²) in [5, 5.41) is 7.71. The van der Waals surface area contributed by atoms with Crippen molar-refractivity contribution in [1.82, 2.24) is 25.0 Å². The Bertz CT molecular complexity index is 856. The number of hydrogen-bond acceptors (Lipinski definition) is 5. The van der Waals surface area contributed by atoms with Gasteiger partial charge in [-0.1, -0.05) is 17.3 Å². The average Bonchev–Trinajstić information content (AvgIpc) is 2.95. The fourth-order valence-electron chi connectivity index (χ4n) is 1.99. The van der Waals surface area contributed by atoms with Crippen molar-refractivity contribution in [1.29, 1.82) is 0 Å². The van der Waals surface area contributed by atoms with Gasteiger partial charge in [0.15, 0.2) is 0 Å². The van der Waals surface area contributed by atoms with E-state index in [0.29, 0.717) is 16.9 Å². The van der Waals surface area contributed by atoms with E-state index in [0.717, 1.165) is 10.7 Å². The van der Waals surface area contributed by atoms with Crippen LogP contribution in [0.25, 0.3) is 17.2 Å². The van der Waals surface area contributed by atoms with E-state index in [1.165, 1.54) is 13.1 Å². The molecule has 1 aromatic carbocycles. The van der Waals surface area contributed by atoms with E-state index in [2.05, 4.69) is 20.3 Å². The fourth-order valence-corrected chi connectivity index (χ4v) is 1.99. The second-order valence-electron chi connectivity index (χ2n) is 4.87. The Morgan fingerprint density at radius 2 is 1.91 bits per heavy atom. The van der Waals surface area contributed by atoms with Gasteiger partial charge in [-0.25, -0.2) is 9.97 Å². The lowest BCUT2D eigenvalue weighted by Crippen LogP contribution is -2.13. The number of alkyl halides is 3. The molecule has 0 saturated heterocycles. The first-order valence-electron chi connectivity index (χ1n) is 6.54. The largest absolute Gasteiger partial charge is 0.433 e. The van der Waals surface area contributed by atoms with Crippen LogP contribution >= 0.6 is 0 Å². The van der Waals surface area contributed by atoms with Crippen LogP contribution in [0.4, 0.5) is 18.9 Å². The minimum atomic E-state index is -4.56. The highest BCUT2D eigenvalue weighted by molar-refractivity contribution is 5.63. The van der Waals surface area contributed by atoms with Crippen LogP contribution in [0.1, 0.15) is 11.4 Å². The summed E-state index contributed by atoms with van der Waals surface area (Å²) < 4.78 is 39.6. The lowest BCUT2D eigenvalue weighted by Gasteiger charge is -2.08. The van der Waals surface area contributed by atoms with Crippen molar-refractivity contribution in [2.24, 2.45) is 0 Å². The Kier molecular flexibility index (Phi) is 3.47. The van der Waals surface area contributed by atoms with Crippen molar-refractivity contribution < 1.29 is 13.2 Å². The number of nitrogen functional groups attached to an aromatic ring is 1. The van der Waals surface area contributed by atoms with Crippen LogP contribution in [-0.4, -0.2) is 25.0 Å². The molecule has 0 atom stereocenters. The summed E-state index contributed by atoms with van der Waals surface area (Å²) in [5.41, 5.74) is 6.55. The predicted molar refractivity (Wildman–Crippen MR) is 76.5 cm³/mol. The zero-order valence-corrected chi connectivity index (χ0v) is 11.9. The van der Waals surface area contributed by atoms with Crippen LogP contribution in [0.3, 0.4) is 0 Å². The van der Waals surface area contributed by atoms with Gasteiger partial charge in [-0.15, -0.1) is 5.10 Å². The van der Waals surface area contributed by atoms with E-state index in [9.17, 15) is 13.2 Å².